The molecule has 0 bridgehead atoms. The lowest BCUT2D eigenvalue weighted by Gasteiger charge is -2.09. The van der Waals surface area contributed by atoms with E-state index < -0.39 is 6.36 Å². The van der Waals surface area contributed by atoms with Crippen molar-refractivity contribution in [2.45, 2.75) is 19.9 Å². The summed E-state index contributed by atoms with van der Waals surface area (Å²) in [4.78, 5) is 0. The molecule has 1 aromatic rings. The molecular weight excluding hydrogens is 233 g/mol. The van der Waals surface area contributed by atoms with Gasteiger partial charge in [-0.1, -0.05) is 24.3 Å². The van der Waals surface area contributed by atoms with Crippen LogP contribution in [0.5, 0.6) is 5.75 Å². The van der Waals surface area contributed by atoms with Crippen LogP contribution >= 0.6 is 0 Å². The van der Waals surface area contributed by atoms with E-state index in [2.05, 4.69) is 11.3 Å². The zero-order chi connectivity index (χ0) is 12.9. The van der Waals surface area contributed by atoms with Gasteiger partial charge in [-0.2, -0.15) is 0 Å². The molecule has 0 unspecified atom stereocenters. The third-order valence-electron chi connectivity index (χ3n) is 1.77. The monoisotopic (exact) mass is 246 g/mol. The minimum atomic E-state index is -4.65. The topological polar surface area (TPSA) is 18.5 Å². The normalized spacial score (nSPS) is 11.3. The number of rotatable bonds is 5. The smallest absolute Gasteiger partial charge is 0.406 e. The molecule has 2 nitrogen and oxygen atoms in total. The van der Waals surface area contributed by atoms with E-state index in [4.69, 9.17) is 4.74 Å². The van der Waals surface area contributed by atoms with Crippen LogP contribution in [0.4, 0.5) is 13.2 Å². The molecule has 0 aliphatic carbocycles. The van der Waals surface area contributed by atoms with Crippen LogP contribution in [0.2, 0.25) is 0 Å². The molecule has 0 aliphatic heterocycles. The minimum Gasteiger partial charge on any atom is -0.406 e. The van der Waals surface area contributed by atoms with Gasteiger partial charge in [0.1, 0.15) is 5.75 Å². The van der Waals surface area contributed by atoms with Crippen molar-refractivity contribution < 1.29 is 22.6 Å². The van der Waals surface area contributed by atoms with Crippen molar-refractivity contribution in [3.05, 3.63) is 42.0 Å². The lowest BCUT2D eigenvalue weighted by atomic mass is 10.2. The highest BCUT2D eigenvalue weighted by atomic mass is 19.4. The molecular formula is C12H13F3O2. The summed E-state index contributed by atoms with van der Waals surface area (Å²) < 4.78 is 44.6. The number of hydrogen-bond donors (Lipinski definition) is 0. The van der Waals surface area contributed by atoms with Crippen molar-refractivity contribution >= 4 is 0 Å². The van der Waals surface area contributed by atoms with Gasteiger partial charge in [0.2, 0.25) is 0 Å². The summed E-state index contributed by atoms with van der Waals surface area (Å²) in [5.41, 5.74) is 1.67. The minimum absolute atomic E-state index is 0.235. The molecule has 0 fully saturated rings. The molecule has 1 rings (SSSR count). The lowest BCUT2D eigenvalue weighted by Crippen LogP contribution is -2.17. The molecule has 0 aromatic heterocycles. The maximum atomic E-state index is 11.9. The van der Waals surface area contributed by atoms with Gasteiger partial charge in [-0.25, -0.2) is 0 Å². The fourth-order valence-electron chi connectivity index (χ4n) is 1.13. The lowest BCUT2D eigenvalue weighted by molar-refractivity contribution is -0.274. The van der Waals surface area contributed by atoms with Crippen LogP contribution in [0.3, 0.4) is 0 Å². The molecule has 5 heteroatoms. The number of hydrogen-bond acceptors (Lipinski definition) is 2. The summed E-state index contributed by atoms with van der Waals surface area (Å²) >= 11 is 0. The van der Waals surface area contributed by atoms with Crippen LogP contribution in [-0.2, 0) is 11.3 Å². The van der Waals surface area contributed by atoms with Gasteiger partial charge in [0.25, 0.3) is 0 Å². The second-order valence-corrected chi connectivity index (χ2v) is 3.64. The second-order valence-electron chi connectivity index (χ2n) is 3.64. The van der Waals surface area contributed by atoms with Crippen LogP contribution < -0.4 is 4.74 Å². The highest BCUT2D eigenvalue weighted by Crippen LogP contribution is 2.22. The Hall–Kier alpha value is -1.49. The van der Waals surface area contributed by atoms with Gasteiger partial charge in [-0.15, -0.1) is 13.2 Å². The molecule has 94 valence electrons. The van der Waals surface area contributed by atoms with Crippen molar-refractivity contribution in [1.29, 1.82) is 0 Å². The first-order chi connectivity index (χ1) is 7.87. The Bertz CT molecular complexity index is 368. The molecule has 0 saturated carbocycles. The summed E-state index contributed by atoms with van der Waals surface area (Å²) in [5.74, 6) is -0.235. The Kier molecular flexibility index (Phi) is 4.57. The molecule has 0 N–H and O–H groups in total. The van der Waals surface area contributed by atoms with Gasteiger partial charge in [0.05, 0.1) is 13.2 Å². The quantitative estimate of drug-likeness (QED) is 0.738. The number of benzene rings is 1. The fraction of sp³-hybridized carbons (Fsp3) is 0.333. The summed E-state index contributed by atoms with van der Waals surface area (Å²) in [7, 11) is 0. The van der Waals surface area contributed by atoms with E-state index in [1.165, 1.54) is 24.3 Å². The third kappa shape index (κ3) is 5.97. The highest BCUT2D eigenvalue weighted by molar-refractivity contribution is 5.27. The van der Waals surface area contributed by atoms with Crippen LogP contribution in [0, 0.1) is 0 Å². The number of alkyl halides is 3. The van der Waals surface area contributed by atoms with E-state index in [-0.39, 0.29) is 5.75 Å². The van der Waals surface area contributed by atoms with E-state index in [0.29, 0.717) is 13.2 Å². The first kappa shape index (κ1) is 13.6. The second kappa shape index (κ2) is 5.72. The van der Waals surface area contributed by atoms with Crippen LogP contribution in [0.25, 0.3) is 0 Å². The molecule has 17 heavy (non-hydrogen) atoms. The zero-order valence-electron chi connectivity index (χ0n) is 9.38. The maximum Gasteiger partial charge on any atom is 0.573 e. The number of ether oxygens (including phenoxy) is 2. The van der Waals surface area contributed by atoms with Crippen molar-refractivity contribution in [3.8, 4) is 5.75 Å². The Balaban J connectivity index is 2.47. The van der Waals surface area contributed by atoms with Gasteiger partial charge in [0, 0.05) is 0 Å². The molecule has 0 atom stereocenters. The molecule has 0 radical (unpaired) electrons. The molecule has 0 spiro atoms. The first-order valence-corrected chi connectivity index (χ1v) is 4.93. The largest absolute Gasteiger partial charge is 0.573 e. The van der Waals surface area contributed by atoms with Crippen molar-refractivity contribution in [1.82, 2.24) is 0 Å². The van der Waals surface area contributed by atoms with E-state index >= 15 is 0 Å². The van der Waals surface area contributed by atoms with Gasteiger partial charge in [-0.3, -0.25) is 0 Å². The van der Waals surface area contributed by atoms with E-state index in [1.807, 2.05) is 6.92 Å². The predicted octanol–water partition coefficient (Wildman–Crippen LogP) is 3.68. The molecule has 1 aromatic carbocycles. The van der Waals surface area contributed by atoms with Crippen molar-refractivity contribution in [2.75, 3.05) is 6.61 Å². The van der Waals surface area contributed by atoms with E-state index in [0.717, 1.165) is 11.1 Å². The van der Waals surface area contributed by atoms with Crippen molar-refractivity contribution in [3.63, 3.8) is 0 Å². The first-order valence-electron chi connectivity index (χ1n) is 4.93. The standard InChI is InChI=1S/C12H13F3O2/c1-9(2)7-16-8-10-3-5-11(6-4-10)17-12(13,14)15/h3-6H,1,7-8H2,2H3. The zero-order valence-corrected chi connectivity index (χ0v) is 9.38. The van der Waals surface area contributed by atoms with Gasteiger partial charge in [-0.05, 0) is 24.6 Å². The summed E-state index contributed by atoms with van der Waals surface area (Å²) in [6.07, 6.45) is -4.65. The summed E-state index contributed by atoms with van der Waals surface area (Å²) in [6.45, 7) is 6.27. The molecule has 0 saturated heterocycles. The van der Waals surface area contributed by atoms with E-state index in [9.17, 15) is 13.2 Å². The molecule has 0 amide bonds. The van der Waals surface area contributed by atoms with E-state index in [1.54, 1.807) is 0 Å². The van der Waals surface area contributed by atoms with Gasteiger partial charge in [0.15, 0.2) is 0 Å². The van der Waals surface area contributed by atoms with Crippen LogP contribution in [0.15, 0.2) is 36.4 Å². The Labute approximate surface area is 97.7 Å². The summed E-state index contributed by atoms with van der Waals surface area (Å²) in [6, 6.07) is 5.57. The van der Waals surface area contributed by atoms with Gasteiger partial charge >= 0.3 is 6.36 Å². The SMILES string of the molecule is C=C(C)COCc1ccc(OC(F)(F)F)cc1. The molecule has 0 heterocycles. The van der Waals surface area contributed by atoms with Gasteiger partial charge < -0.3 is 9.47 Å². The van der Waals surface area contributed by atoms with Crippen LogP contribution in [-0.4, -0.2) is 13.0 Å². The average molecular weight is 246 g/mol. The van der Waals surface area contributed by atoms with Crippen molar-refractivity contribution in [2.24, 2.45) is 0 Å². The Morgan fingerprint density at radius 1 is 1.24 bits per heavy atom. The molecule has 0 aliphatic rings. The Morgan fingerprint density at radius 2 is 1.82 bits per heavy atom. The number of halogens is 3. The maximum absolute atomic E-state index is 11.9. The third-order valence-corrected chi connectivity index (χ3v) is 1.77. The Morgan fingerprint density at radius 3 is 2.29 bits per heavy atom. The fourth-order valence-corrected chi connectivity index (χ4v) is 1.13. The predicted molar refractivity (Wildman–Crippen MR) is 57.6 cm³/mol. The highest BCUT2D eigenvalue weighted by Gasteiger charge is 2.30. The summed E-state index contributed by atoms with van der Waals surface area (Å²) in [5, 5.41) is 0. The van der Waals surface area contributed by atoms with Crippen LogP contribution in [0.1, 0.15) is 12.5 Å². The average Bonchev–Trinajstić information content (AvgIpc) is 2.18.